The van der Waals surface area contributed by atoms with E-state index in [1.165, 1.54) is 0 Å². The van der Waals surface area contributed by atoms with Crippen LogP contribution in [0.5, 0.6) is 0 Å². The minimum absolute atomic E-state index is 0.222. The average Bonchev–Trinajstić information content (AvgIpc) is 1.65. The molecule has 3 heteroatoms. The molecule has 0 aromatic rings. The normalized spacial score (nSPS) is 7.71. The SMILES string of the molecule is C=CC(=C)B(F)F. The molecule has 0 aliphatic heterocycles. The maximum absolute atomic E-state index is 11.3. The number of allylic oxidation sites excluding steroid dienone is 2. The summed E-state index contributed by atoms with van der Waals surface area (Å²) in [4.78, 5) is 0. The summed E-state index contributed by atoms with van der Waals surface area (Å²) in [5.74, 6) is 0. The van der Waals surface area contributed by atoms with E-state index in [1.54, 1.807) is 0 Å². The van der Waals surface area contributed by atoms with E-state index in [0.717, 1.165) is 6.08 Å². The molecule has 0 aromatic carbocycles. The molecule has 38 valence electrons. The number of hydrogen-bond acceptors (Lipinski definition) is 0. The number of halogens is 2. The van der Waals surface area contributed by atoms with E-state index in [9.17, 15) is 8.63 Å². The summed E-state index contributed by atoms with van der Waals surface area (Å²) in [6.45, 7) is 6.11. The predicted molar refractivity (Wildman–Crippen MR) is 27.3 cm³/mol. The van der Waals surface area contributed by atoms with Crippen molar-refractivity contribution in [3.05, 3.63) is 24.7 Å². The van der Waals surface area contributed by atoms with Crippen molar-refractivity contribution in [3.8, 4) is 0 Å². The molecule has 0 bridgehead atoms. The van der Waals surface area contributed by atoms with Gasteiger partial charge in [0.1, 0.15) is 0 Å². The van der Waals surface area contributed by atoms with Crippen LogP contribution in [0.1, 0.15) is 0 Å². The van der Waals surface area contributed by atoms with Crippen LogP contribution in [0.3, 0.4) is 0 Å². The first kappa shape index (κ1) is 6.40. The van der Waals surface area contributed by atoms with E-state index >= 15 is 0 Å². The Morgan fingerprint density at radius 2 is 2.00 bits per heavy atom. The van der Waals surface area contributed by atoms with E-state index in [2.05, 4.69) is 13.2 Å². The Kier molecular flexibility index (Phi) is 2.34. The Morgan fingerprint density at radius 1 is 1.57 bits per heavy atom. The molecule has 0 saturated heterocycles. The Balaban J connectivity index is 3.56. The first-order valence-corrected chi connectivity index (χ1v) is 1.78. The number of rotatable bonds is 2. The lowest BCUT2D eigenvalue weighted by atomic mass is 9.87. The molecule has 0 aliphatic carbocycles. The fourth-order valence-corrected chi connectivity index (χ4v) is 0.0891. The van der Waals surface area contributed by atoms with Crippen molar-refractivity contribution in [2.45, 2.75) is 0 Å². The molecule has 0 aliphatic rings. The topological polar surface area (TPSA) is 0 Å². The predicted octanol–water partition coefficient (Wildman–Crippen LogP) is 1.70. The number of hydrogen-bond donors (Lipinski definition) is 0. The molecule has 0 N–H and O–H groups in total. The van der Waals surface area contributed by atoms with Crippen molar-refractivity contribution in [1.29, 1.82) is 0 Å². The van der Waals surface area contributed by atoms with E-state index < -0.39 is 7.27 Å². The third kappa shape index (κ3) is 2.14. The minimum Gasteiger partial charge on any atom is -0.281 e. The molecule has 0 aromatic heterocycles. The maximum Gasteiger partial charge on any atom is 0.571 e. The summed E-state index contributed by atoms with van der Waals surface area (Å²) in [6, 6.07) is 0. The highest BCUT2D eigenvalue weighted by Gasteiger charge is 2.12. The van der Waals surface area contributed by atoms with Crippen molar-refractivity contribution >= 4 is 7.27 Å². The molecule has 7 heavy (non-hydrogen) atoms. The standard InChI is InChI=1S/C4H5BF2/c1-3-4(2)5(6)7/h3H,1-2H2. The summed E-state index contributed by atoms with van der Waals surface area (Å²) in [5.41, 5.74) is -0.222. The van der Waals surface area contributed by atoms with Gasteiger partial charge in [0, 0.05) is 0 Å². The van der Waals surface area contributed by atoms with Gasteiger partial charge in [-0.05, 0) is 5.47 Å². The molecule has 0 radical (unpaired) electrons. The third-order valence-electron chi connectivity index (χ3n) is 0.542. The van der Waals surface area contributed by atoms with Crippen molar-refractivity contribution in [2.24, 2.45) is 0 Å². The van der Waals surface area contributed by atoms with Crippen molar-refractivity contribution in [2.75, 3.05) is 0 Å². The summed E-state index contributed by atoms with van der Waals surface area (Å²) in [5, 5.41) is 0. The van der Waals surface area contributed by atoms with Gasteiger partial charge in [-0.25, -0.2) is 0 Å². The Labute approximate surface area is 41.7 Å². The fourth-order valence-electron chi connectivity index (χ4n) is 0.0891. The van der Waals surface area contributed by atoms with Gasteiger partial charge in [-0.15, -0.1) is 0 Å². The van der Waals surface area contributed by atoms with E-state index in [1.807, 2.05) is 0 Å². The Morgan fingerprint density at radius 3 is 2.00 bits per heavy atom. The van der Waals surface area contributed by atoms with Gasteiger partial charge in [0.25, 0.3) is 0 Å². The van der Waals surface area contributed by atoms with Gasteiger partial charge in [0.2, 0.25) is 0 Å². The molecule has 0 saturated carbocycles. The minimum atomic E-state index is -2.45. The summed E-state index contributed by atoms with van der Waals surface area (Å²) >= 11 is 0. The first-order valence-electron chi connectivity index (χ1n) is 1.78. The smallest absolute Gasteiger partial charge is 0.281 e. The van der Waals surface area contributed by atoms with Gasteiger partial charge in [0.05, 0.1) is 0 Å². The molecule has 0 atom stereocenters. The quantitative estimate of drug-likeness (QED) is 0.367. The molecule has 0 fully saturated rings. The van der Waals surface area contributed by atoms with Gasteiger partial charge in [-0.1, -0.05) is 19.2 Å². The van der Waals surface area contributed by atoms with Crippen LogP contribution in [-0.2, 0) is 0 Å². The van der Waals surface area contributed by atoms with E-state index in [4.69, 9.17) is 0 Å². The molecule has 0 unspecified atom stereocenters. The lowest BCUT2D eigenvalue weighted by Gasteiger charge is -1.85. The summed E-state index contributed by atoms with van der Waals surface area (Å²) in [7, 11) is -2.45. The zero-order valence-corrected chi connectivity index (χ0v) is 3.82. The van der Waals surface area contributed by atoms with Crippen LogP contribution < -0.4 is 0 Å². The van der Waals surface area contributed by atoms with Crippen LogP contribution in [0.25, 0.3) is 0 Å². The largest absolute Gasteiger partial charge is 0.571 e. The average molecular weight is 102 g/mol. The van der Waals surface area contributed by atoms with Gasteiger partial charge < -0.3 is 0 Å². The lowest BCUT2D eigenvalue weighted by molar-refractivity contribution is 0.678. The molecule has 0 spiro atoms. The van der Waals surface area contributed by atoms with Crippen LogP contribution in [0.4, 0.5) is 8.63 Å². The summed E-state index contributed by atoms with van der Waals surface area (Å²) in [6.07, 6.45) is 1.05. The van der Waals surface area contributed by atoms with Crippen LogP contribution in [-0.4, -0.2) is 7.27 Å². The van der Waals surface area contributed by atoms with E-state index in [-0.39, 0.29) is 5.47 Å². The fraction of sp³-hybridized carbons (Fsp3) is 0. The first-order chi connectivity index (χ1) is 3.18. The van der Waals surface area contributed by atoms with Crippen molar-refractivity contribution < 1.29 is 8.63 Å². The highest BCUT2D eigenvalue weighted by Crippen LogP contribution is 1.99. The summed E-state index contributed by atoms with van der Waals surface area (Å²) < 4.78 is 22.5. The zero-order chi connectivity index (χ0) is 5.86. The second-order valence-corrected chi connectivity index (χ2v) is 1.08. The molecular formula is C4H5BF2. The molecule has 0 nitrogen and oxygen atoms in total. The van der Waals surface area contributed by atoms with Crippen LogP contribution >= 0.6 is 0 Å². The van der Waals surface area contributed by atoms with Crippen LogP contribution in [0.15, 0.2) is 24.7 Å². The highest BCUT2D eigenvalue weighted by molar-refractivity contribution is 6.53. The highest BCUT2D eigenvalue weighted by atomic mass is 19.2. The van der Waals surface area contributed by atoms with Crippen molar-refractivity contribution in [3.63, 3.8) is 0 Å². The van der Waals surface area contributed by atoms with Crippen molar-refractivity contribution in [1.82, 2.24) is 0 Å². The van der Waals surface area contributed by atoms with Gasteiger partial charge in [0.15, 0.2) is 0 Å². The maximum atomic E-state index is 11.3. The third-order valence-corrected chi connectivity index (χ3v) is 0.542. The zero-order valence-electron chi connectivity index (χ0n) is 3.82. The van der Waals surface area contributed by atoms with E-state index in [0.29, 0.717) is 0 Å². The van der Waals surface area contributed by atoms with Gasteiger partial charge >= 0.3 is 7.27 Å². The Bertz CT molecular complexity index is 87.7. The van der Waals surface area contributed by atoms with Crippen LogP contribution in [0.2, 0.25) is 0 Å². The molecule has 0 heterocycles. The lowest BCUT2D eigenvalue weighted by Crippen LogP contribution is -1.96. The monoisotopic (exact) mass is 102 g/mol. The second-order valence-electron chi connectivity index (χ2n) is 1.08. The van der Waals surface area contributed by atoms with Gasteiger partial charge in [-0.3, -0.25) is 8.63 Å². The Hall–Kier alpha value is -0.595. The van der Waals surface area contributed by atoms with Gasteiger partial charge in [-0.2, -0.15) is 0 Å². The molecule has 0 rings (SSSR count). The molecule has 0 amide bonds. The van der Waals surface area contributed by atoms with Crippen LogP contribution in [0, 0.1) is 0 Å². The second kappa shape index (κ2) is 2.56. The molecular weight excluding hydrogens is 96.9 g/mol.